The third kappa shape index (κ3) is 49.0. The van der Waals surface area contributed by atoms with E-state index in [4.69, 9.17) is 23.7 Å². The Labute approximate surface area is 930 Å². The molecule has 24 heteroatoms. The molecule has 13 unspecified atom stereocenters. The lowest BCUT2D eigenvalue weighted by atomic mass is 9.86. The van der Waals surface area contributed by atoms with Crippen molar-refractivity contribution in [3.63, 3.8) is 0 Å². The zero-order valence-corrected chi connectivity index (χ0v) is 107. The largest absolute Gasteiger partial charge is 0.382 e. The van der Waals surface area contributed by atoms with E-state index in [9.17, 15) is 43.8 Å². The fourth-order valence-electron chi connectivity index (χ4n) is 13.9. The molecular weight excluding hydrogens is 2030 g/mol. The van der Waals surface area contributed by atoms with Crippen LogP contribution < -0.4 is 0 Å². The summed E-state index contributed by atoms with van der Waals surface area (Å²) in [7, 11) is 30.3. The van der Waals surface area contributed by atoms with Crippen LogP contribution in [0.3, 0.4) is 0 Å². The molecule has 0 aliphatic carbocycles. The van der Waals surface area contributed by atoms with Crippen molar-refractivity contribution in [3.05, 3.63) is 390 Å². The maximum Gasteiger partial charge on any atom is 0.198 e. The number of ether oxygens (including phenoxy) is 5. The number of rotatable bonds is 32. The molecule has 830 valence electrons. The number of Topliss-reactive ketones (excluding diaryl/α,β-unsaturated/α-hetero) is 7. The molecule has 0 bridgehead atoms. The molecular formula is C126H192NO14P9. The summed E-state index contributed by atoms with van der Waals surface area (Å²) in [5.74, 6) is -0.388. The average molecular weight is 2220 g/mol. The predicted octanol–water partition coefficient (Wildman–Crippen LogP) is 32.2. The van der Waals surface area contributed by atoms with Crippen LogP contribution in [-0.4, -0.2) is 127 Å². The van der Waals surface area contributed by atoms with E-state index in [0.29, 0.717) is 46.6 Å². The third-order valence-electron chi connectivity index (χ3n) is 23.0. The fraction of sp³-hybridized carbons (Fsp3) is 0.421. The van der Waals surface area contributed by atoms with Gasteiger partial charge in [-0.25, -0.2) is 0 Å². The van der Waals surface area contributed by atoms with Gasteiger partial charge in [0, 0.05) is 80.5 Å². The first-order valence-corrected chi connectivity index (χ1v) is 59.7. The van der Waals surface area contributed by atoms with Gasteiger partial charge in [-0.05, 0) is 215 Å². The number of hydrogen-bond donors (Lipinski definition) is 2. The lowest BCUT2D eigenvalue weighted by Crippen LogP contribution is -2.54. The maximum absolute atomic E-state index is 13.0. The SMILES string of the molecule is C.CC.CC.CC.CC.CC.CC.CC.CC.CC.CC(C)(C(=O)c1ccc(CP)cc1)N1CCOCC1.CC(C)(O)C(=O)c1ccc(CP)cc1.CC(C)(O)C(=O)c1cccc(CP)c1.COC(C)(C(=O)c1ccc(CP)cc1)c1ccc(CP)cc1.COC(C)(C(=O)c1ccc(CP)cc1)c1ccccc1.COC(C)(C(=O)c1cccc(CP)c1)c1ccc(CP)cc1.COC(C)(C(=O)c1cccc(CP)c1)c1ccccc1. The zero-order valence-electron chi connectivity index (χ0n) is 96.2. The van der Waals surface area contributed by atoms with Crippen molar-refractivity contribution in [2.75, 3.05) is 54.7 Å². The molecule has 13 atom stereocenters. The van der Waals surface area contributed by atoms with Gasteiger partial charge in [0.1, 0.15) is 11.2 Å². The Bertz CT molecular complexity index is 5440. The molecule has 11 aromatic rings. The number of carbonyl (C=O) groups excluding carboxylic acids is 7. The quantitative estimate of drug-likeness (QED) is 0.0297. The number of aliphatic hydroxyl groups is 2. The van der Waals surface area contributed by atoms with Gasteiger partial charge in [0.15, 0.2) is 62.9 Å². The van der Waals surface area contributed by atoms with E-state index in [2.05, 4.69) is 88.1 Å². The van der Waals surface area contributed by atoms with Gasteiger partial charge in [0.05, 0.1) is 18.8 Å². The van der Waals surface area contributed by atoms with Crippen LogP contribution in [0.4, 0.5) is 0 Å². The van der Waals surface area contributed by atoms with Crippen molar-refractivity contribution in [1.29, 1.82) is 0 Å². The Morgan fingerprint density at radius 1 is 0.240 bits per heavy atom. The standard InChI is InChI=1S/2C18H22O2P2.2C17H19O2P.C15H22NO2P.2C11H15O2P.9C2H6.CH4/c1-18(20-2,16-9-5-14(12-22)6-10-16)17(19)15-7-3-13(11-21)4-8-15;1-18(20-2,16-8-6-13(11-21)7-9-16)17(19)15-5-3-4-14(10-15)12-22;1-17(19-2,15-9-4-3-5-10-15)16(18)14-8-6-7-13(11-14)12-20;1-17(19-2,15-6-4-3-5-7-15)16(18)14-10-8-13(12-20)9-11-14;1-15(2,16-7-9-18-10-8-16)14(17)13-5-3-12(11-19)4-6-13;1-11(2,13)10(12)9-5-3-8(7-14)4-6-9;1-11(2,13)10(12)9-5-3-4-8(6-9)7-14;9*1-2;/h2*3-10H,11-12,21-22H2,1-2H3;2*3-11H,12,20H2,1-2H3;3-6H,7-11,19H2,1-2H3;2*3-6,13H,7,14H2,1-2H3;9*1-2H3;1H4. The summed E-state index contributed by atoms with van der Waals surface area (Å²) < 4.78 is 27.7. The van der Waals surface area contributed by atoms with Crippen molar-refractivity contribution >= 4 is 124 Å². The van der Waals surface area contributed by atoms with Gasteiger partial charge in [0.2, 0.25) is 0 Å². The second kappa shape index (κ2) is 84.0. The number of benzene rings is 11. The van der Waals surface area contributed by atoms with Gasteiger partial charge in [-0.1, -0.05) is 393 Å². The number of morpholine rings is 1. The molecule has 0 amide bonds. The van der Waals surface area contributed by atoms with Crippen molar-refractivity contribution in [3.8, 4) is 0 Å². The normalized spacial score (nSPS) is 12.4. The molecule has 0 saturated carbocycles. The molecule has 1 heterocycles. The van der Waals surface area contributed by atoms with Crippen LogP contribution in [0.2, 0.25) is 0 Å². The minimum atomic E-state index is -1.29. The van der Waals surface area contributed by atoms with Crippen LogP contribution >= 0.6 is 83.2 Å². The summed E-state index contributed by atoms with van der Waals surface area (Å²) in [6, 6.07) is 88.5. The number of carbonyl (C=O) groups is 7. The molecule has 0 aromatic heterocycles. The van der Waals surface area contributed by atoms with Crippen molar-refractivity contribution in [1.82, 2.24) is 4.90 Å². The van der Waals surface area contributed by atoms with Crippen molar-refractivity contribution in [2.24, 2.45) is 0 Å². The molecule has 150 heavy (non-hydrogen) atoms. The Hall–Kier alpha value is -7.34. The van der Waals surface area contributed by atoms with Crippen molar-refractivity contribution < 1.29 is 67.5 Å². The van der Waals surface area contributed by atoms with Gasteiger partial charge >= 0.3 is 0 Å². The Kier molecular flexibility index (Phi) is 84.6. The summed E-state index contributed by atoms with van der Waals surface area (Å²) in [5.41, 5.74) is 11.7. The molecule has 1 aliphatic rings. The summed E-state index contributed by atoms with van der Waals surface area (Å²) in [6.45, 7) is 56.4. The van der Waals surface area contributed by atoms with Gasteiger partial charge in [0.25, 0.3) is 0 Å². The molecule has 1 aliphatic heterocycles. The topological polar surface area (TPSA) is 209 Å². The second-order valence-electron chi connectivity index (χ2n) is 33.4. The van der Waals surface area contributed by atoms with Gasteiger partial charge in [-0.3, -0.25) is 38.5 Å². The van der Waals surface area contributed by atoms with E-state index in [-0.39, 0.29) is 47.9 Å². The molecule has 15 nitrogen and oxygen atoms in total. The fourth-order valence-corrected chi connectivity index (χ4v) is 16.3. The maximum atomic E-state index is 13.0. The molecule has 0 radical (unpaired) electrons. The van der Waals surface area contributed by atoms with Crippen LogP contribution in [0.5, 0.6) is 0 Å². The second-order valence-corrected chi connectivity index (χ2v) is 37.1. The first kappa shape index (κ1) is 151. The highest BCUT2D eigenvalue weighted by atomic mass is 31.0. The molecule has 12 rings (SSSR count). The summed E-state index contributed by atoms with van der Waals surface area (Å²) >= 11 is 0. The average Bonchev–Trinajstić information content (AvgIpc) is 0.692. The van der Waals surface area contributed by atoms with Crippen LogP contribution in [0.15, 0.2) is 279 Å². The molecule has 1 fully saturated rings. The van der Waals surface area contributed by atoms with Gasteiger partial charge in [-0.2, -0.15) is 0 Å². The minimum Gasteiger partial charge on any atom is -0.382 e. The first-order chi connectivity index (χ1) is 71.3. The van der Waals surface area contributed by atoms with E-state index < -0.39 is 39.1 Å². The monoisotopic (exact) mass is 2220 g/mol. The zero-order chi connectivity index (χ0) is 115. The number of ketones is 7. The molecule has 1 saturated heterocycles. The van der Waals surface area contributed by atoms with Gasteiger partial charge < -0.3 is 33.9 Å². The van der Waals surface area contributed by atoms with Crippen LogP contribution in [0.25, 0.3) is 0 Å². The minimum absolute atomic E-state index is 0. The summed E-state index contributed by atoms with van der Waals surface area (Å²) in [4.78, 5) is 89.7. The first-order valence-electron chi connectivity index (χ1n) is 52.3. The van der Waals surface area contributed by atoms with E-state index in [1.165, 1.54) is 55.5 Å². The Morgan fingerprint density at radius 3 is 0.627 bits per heavy atom. The molecule has 0 spiro atoms. The van der Waals surface area contributed by atoms with E-state index >= 15 is 0 Å². The Balaban J connectivity index is -0.000000533. The van der Waals surface area contributed by atoms with Gasteiger partial charge in [-0.15, -0.1) is 83.2 Å². The third-order valence-corrected chi connectivity index (χ3v) is 27.3. The van der Waals surface area contributed by atoms with Crippen LogP contribution in [0, 0.1) is 0 Å². The highest BCUT2D eigenvalue weighted by Crippen LogP contribution is 2.36. The lowest BCUT2D eigenvalue weighted by Gasteiger charge is -2.39. The van der Waals surface area contributed by atoms with E-state index in [1.54, 1.807) is 46.6 Å². The van der Waals surface area contributed by atoms with E-state index in [0.717, 1.165) is 119 Å². The van der Waals surface area contributed by atoms with Crippen molar-refractivity contribution in [2.45, 2.75) is 296 Å². The number of hydrogen-bond acceptors (Lipinski definition) is 15. The van der Waals surface area contributed by atoms with Crippen LogP contribution in [-0.2, 0) is 102 Å². The Morgan fingerprint density at radius 2 is 0.420 bits per heavy atom. The van der Waals surface area contributed by atoms with Crippen LogP contribution in [0.1, 0.15) is 346 Å². The predicted molar refractivity (Wildman–Crippen MR) is 677 cm³/mol. The lowest BCUT2D eigenvalue weighted by molar-refractivity contribution is -0.00430. The molecule has 2 N–H and O–H groups in total. The number of nitrogens with zero attached hydrogens (tertiary/aromatic N) is 1. The number of methoxy groups -OCH3 is 4. The summed E-state index contributed by atoms with van der Waals surface area (Å²) in [5, 5.41) is 19.1. The van der Waals surface area contributed by atoms with E-state index in [1.807, 2.05) is 427 Å². The smallest absolute Gasteiger partial charge is 0.198 e. The highest BCUT2D eigenvalue weighted by Gasteiger charge is 2.41. The highest BCUT2D eigenvalue weighted by molar-refractivity contribution is 7.16. The molecule has 11 aromatic carbocycles. The summed E-state index contributed by atoms with van der Waals surface area (Å²) in [6.07, 6.45) is 7.82.